The average Bonchev–Trinajstić information content (AvgIpc) is 3.19. The molecule has 0 aromatic heterocycles. The molecule has 0 aromatic carbocycles. The van der Waals surface area contributed by atoms with Gasteiger partial charge in [0.15, 0.2) is 0 Å². The Morgan fingerprint density at radius 3 is 1.73 bits per heavy atom. The van der Waals surface area contributed by atoms with Gasteiger partial charge in [0.1, 0.15) is 13.2 Å². The SMILES string of the molecule is CC(=O)OCC1=C(COC(C)=O)C2CC1C1C3CCC(C3)C21. The van der Waals surface area contributed by atoms with E-state index in [-0.39, 0.29) is 11.9 Å². The summed E-state index contributed by atoms with van der Waals surface area (Å²) < 4.78 is 10.6. The zero-order valence-electron chi connectivity index (χ0n) is 13.3. The fraction of sp³-hybridized carbons (Fsp3) is 0.778. The summed E-state index contributed by atoms with van der Waals surface area (Å²) in [5, 5.41) is 0. The third-order valence-corrected chi connectivity index (χ3v) is 6.65. The maximum Gasteiger partial charge on any atom is 0.302 e. The summed E-state index contributed by atoms with van der Waals surface area (Å²) in [4.78, 5) is 22.4. The molecular weight excluding hydrogens is 280 g/mol. The van der Waals surface area contributed by atoms with Crippen LogP contribution in [0.3, 0.4) is 0 Å². The second kappa shape index (κ2) is 5.10. The van der Waals surface area contributed by atoms with Gasteiger partial charge in [0.2, 0.25) is 0 Å². The molecule has 4 rings (SSSR count). The molecule has 0 radical (unpaired) electrons. The average molecular weight is 304 g/mol. The standard InChI is InChI=1S/C18H24O4/c1-9(19)21-7-15-13-6-14(16(15)8-22-10(2)20)18-12-4-3-11(5-12)17(13)18/h11-14,17-18H,3-8H2,1-2H3. The van der Waals surface area contributed by atoms with E-state index in [1.165, 1.54) is 50.7 Å². The van der Waals surface area contributed by atoms with Crippen LogP contribution in [0.4, 0.5) is 0 Å². The minimum Gasteiger partial charge on any atom is -0.461 e. The maximum atomic E-state index is 11.2. The predicted molar refractivity (Wildman–Crippen MR) is 79.7 cm³/mol. The highest BCUT2D eigenvalue weighted by atomic mass is 16.5. The molecule has 0 amide bonds. The molecule has 4 aliphatic carbocycles. The Kier molecular flexibility index (Phi) is 3.31. The van der Waals surface area contributed by atoms with E-state index < -0.39 is 0 Å². The van der Waals surface area contributed by atoms with Crippen LogP contribution >= 0.6 is 0 Å². The lowest BCUT2D eigenvalue weighted by molar-refractivity contribution is -0.141. The van der Waals surface area contributed by atoms with Crippen molar-refractivity contribution in [2.45, 2.75) is 39.5 Å². The van der Waals surface area contributed by atoms with Crippen LogP contribution in [-0.4, -0.2) is 25.2 Å². The van der Waals surface area contributed by atoms with E-state index >= 15 is 0 Å². The maximum absolute atomic E-state index is 11.2. The molecule has 4 heteroatoms. The van der Waals surface area contributed by atoms with Crippen LogP contribution < -0.4 is 0 Å². The first-order chi connectivity index (χ1) is 10.6. The van der Waals surface area contributed by atoms with Gasteiger partial charge in [-0.1, -0.05) is 0 Å². The van der Waals surface area contributed by atoms with Gasteiger partial charge in [0.05, 0.1) is 0 Å². The normalized spacial score (nSPS) is 41.0. The summed E-state index contributed by atoms with van der Waals surface area (Å²) in [6.45, 7) is 3.71. The van der Waals surface area contributed by atoms with Crippen LogP contribution in [0.5, 0.6) is 0 Å². The summed E-state index contributed by atoms with van der Waals surface area (Å²) >= 11 is 0. The lowest BCUT2D eigenvalue weighted by atomic mass is 9.69. The molecule has 0 saturated heterocycles. The van der Waals surface area contributed by atoms with E-state index in [0.717, 1.165) is 23.7 Å². The van der Waals surface area contributed by atoms with E-state index in [2.05, 4.69) is 0 Å². The van der Waals surface area contributed by atoms with E-state index in [0.29, 0.717) is 25.0 Å². The Balaban J connectivity index is 1.61. The van der Waals surface area contributed by atoms with Gasteiger partial charge in [0, 0.05) is 13.8 Å². The molecule has 4 aliphatic rings. The smallest absolute Gasteiger partial charge is 0.302 e. The van der Waals surface area contributed by atoms with Crippen molar-refractivity contribution in [3.63, 3.8) is 0 Å². The summed E-state index contributed by atoms with van der Waals surface area (Å²) in [6, 6.07) is 0. The Hall–Kier alpha value is -1.32. The highest BCUT2D eigenvalue weighted by Gasteiger charge is 2.62. The van der Waals surface area contributed by atoms with Gasteiger partial charge >= 0.3 is 11.9 Å². The molecule has 22 heavy (non-hydrogen) atoms. The Morgan fingerprint density at radius 2 is 1.32 bits per heavy atom. The molecule has 6 atom stereocenters. The number of ether oxygens (including phenoxy) is 2. The second-order valence-corrected chi connectivity index (χ2v) is 7.55. The zero-order chi connectivity index (χ0) is 15.4. The third kappa shape index (κ3) is 2.03. The summed E-state index contributed by atoms with van der Waals surface area (Å²) in [5.74, 6) is 4.04. The van der Waals surface area contributed by atoms with Gasteiger partial charge in [-0.15, -0.1) is 0 Å². The molecule has 0 aliphatic heterocycles. The molecular formula is C18H24O4. The summed E-state index contributed by atoms with van der Waals surface area (Å²) in [5.41, 5.74) is 2.55. The van der Waals surface area contributed by atoms with Crippen LogP contribution in [0.1, 0.15) is 39.5 Å². The number of hydrogen-bond acceptors (Lipinski definition) is 4. The molecule has 120 valence electrons. The van der Waals surface area contributed by atoms with Crippen LogP contribution in [0.25, 0.3) is 0 Å². The monoisotopic (exact) mass is 304 g/mol. The zero-order valence-corrected chi connectivity index (χ0v) is 13.3. The van der Waals surface area contributed by atoms with E-state index in [1.54, 1.807) is 0 Å². The van der Waals surface area contributed by atoms with Crippen molar-refractivity contribution >= 4 is 11.9 Å². The van der Waals surface area contributed by atoms with Gasteiger partial charge in [-0.3, -0.25) is 9.59 Å². The van der Waals surface area contributed by atoms with Crippen molar-refractivity contribution in [1.82, 2.24) is 0 Å². The van der Waals surface area contributed by atoms with Crippen LogP contribution in [0, 0.1) is 35.5 Å². The highest BCUT2D eigenvalue weighted by Crippen LogP contribution is 2.68. The highest BCUT2D eigenvalue weighted by molar-refractivity contribution is 5.67. The number of carbonyl (C=O) groups is 2. The van der Waals surface area contributed by atoms with E-state index in [1.807, 2.05) is 0 Å². The van der Waals surface area contributed by atoms with Crippen molar-refractivity contribution in [1.29, 1.82) is 0 Å². The fourth-order valence-corrected chi connectivity index (χ4v) is 6.15. The molecule has 3 fully saturated rings. The first-order valence-electron chi connectivity index (χ1n) is 8.54. The summed E-state index contributed by atoms with van der Waals surface area (Å²) in [6.07, 6.45) is 5.35. The summed E-state index contributed by atoms with van der Waals surface area (Å²) in [7, 11) is 0. The Bertz CT molecular complexity index is 503. The minimum absolute atomic E-state index is 0.230. The molecule has 0 heterocycles. The van der Waals surface area contributed by atoms with Crippen LogP contribution in [0.15, 0.2) is 11.1 Å². The van der Waals surface area contributed by atoms with Gasteiger partial charge in [-0.2, -0.15) is 0 Å². The van der Waals surface area contributed by atoms with Gasteiger partial charge in [-0.05, 0) is 72.3 Å². The van der Waals surface area contributed by atoms with Gasteiger partial charge in [0.25, 0.3) is 0 Å². The number of rotatable bonds is 4. The largest absolute Gasteiger partial charge is 0.461 e. The first-order valence-corrected chi connectivity index (χ1v) is 8.54. The van der Waals surface area contributed by atoms with Gasteiger partial charge in [-0.25, -0.2) is 0 Å². The van der Waals surface area contributed by atoms with Gasteiger partial charge < -0.3 is 9.47 Å². The molecule has 4 nitrogen and oxygen atoms in total. The quantitative estimate of drug-likeness (QED) is 0.455. The number of hydrogen-bond donors (Lipinski definition) is 0. The molecule has 0 spiro atoms. The van der Waals surface area contributed by atoms with Crippen molar-refractivity contribution in [2.75, 3.05) is 13.2 Å². The first kappa shape index (κ1) is 14.3. The number of fused-ring (bicyclic) bond motifs is 9. The minimum atomic E-state index is -0.230. The lowest BCUT2D eigenvalue weighted by Gasteiger charge is -2.37. The fourth-order valence-electron chi connectivity index (χ4n) is 6.15. The van der Waals surface area contributed by atoms with Crippen LogP contribution in [-0.2, 0) is 19.1 Å². The van der Waals surface area contributed by atoms with Crippen molar-refractivity contribution in [3.8, 4) is 0 Å². The molecule has 0 aromatic rings. The van der Waals surface area contributed by atoms with E-state index in [9.17, 15) is 9.59 Å². The third-order valence-electron chi connectivity index (χ3n) is 6.65. The molecule has 4 bridgehead atoms. The predicted octanol–water partition coefficient (Wildman–Crippen LogP) is 2.72. The number of esters is 2. The van der Waals surface area contributed by atoms with Crippen molar-refractivity contribution in [3.05, 3.63) is 11.1 Å². The molecule has 3 saturated carbocycles. The Morgan fingerprint density at radius 1 is 0.864 bits per heavy atom. The van der Waals surface area contributed by atoms with Crippen molar-refractivity contribution in [2.24, 2.45) is 35.5 Å². The van der Waals surface area contributed by atoms with Crippen LogP contribution in [0.2, 0.25) is 0 Å². The molecule has 0 N–H and O–H groups in total. The second-order valence-electron chi connectivity index (χ2n) is 7.55. The Labute approximate surface area is 131 Å². The van der Waals surface area contributed by atoms with Crippen molar-refractivity contribution < 1.29 is 19.1 Å². The molecule has 6 unspecified atom stereocenters. The number of carbonyl (C=O) groups excluding carboxylic acids is 2. The topological polar surface area (TPSA) is 52.6 Å². The lowest BCUT2D eigenvalue weighted by Crippen LogP contribution is -2.32. The van der Waals surface area contributed by atoms with E-state index in [4.69, 9.17) is 9.47 Å².